The van der Waals surface area contributed by atoms with Crippen LogP contribution in [0, 0.1) is 16.7 Å². The number of hydrogen-bond donors (Lipinski definition) is 1. The molecule has 0 aromatic rings. The Bertz CT molecular complexity index is 345. The lowest BCUT2D eigenvalue weighted by molar-refractivity contribution is -0.165. The molecular formula is C17H31NO2. The highest BCUT2D eigenvalue weighted by atomic mass is 16.5. The molecule has 0 bridgehead atoms. The Balaban J connectivity index is 1.99. The highest BCUT2D eigenvalue weighted by molar-refractivity contribution is 5.77. The van der Waals surface area contributed by atoms with Crippen molar-refractivity contribution >= 4 is 5.97 Å². The van der Waals surface area contributed by atoms with Gasteiger partial charge in [-0.25, -0.2) is 0 Å². The first kappa shape index (κ1) is 15.8. The maximum Gasteiger partial charge on any atom is 0.313 e. The molecule has 2 aliphatic rings. The van der Waals surface area contributed by atoms with Crippen LogP contribution in [0.5, 0.6) is 0 Å². The third kappa shape index (κ3) is 3.55. The molecule has 0 aromatic heterocycles. The third-order valence-electron chi connectivity index (χ3n) is 5.03. The minimum Gasteiger partial charge on any atom is -0.462 e. The molecule has 1 aliphatic heterocycles. The number of ether oxygens (including phenoxy) is 1. The molecule has 2 fully saturated rings. The van der Waals surface area contributed by atoms with Crippen LogP contribution in [-0.2, 0) is 9.53 Å². The van der Waals surface area contributed by atoms with Crippen molar-refractivity contribution in [1.29, 1.82) is 0 Å². The first-order valence-corrected chi connectivity index (χ1v) is 8.29. The summed E-state index contributed by atoms with van der Waals surface area (Å²) in [6, 6.07) is 0. The van der Waals surface area contributed by atoms with Crippen LogP contribution in [0.3, 0.4) is 0 Å². The lowest BCUT2D eigenvalue weighted by Gasteiger charge is -2.39. The summed E-state index contributed by atoms with van der Waals surface area (Å²) in [4.78, 5) is 12.7. The van der Waals surface area contributed by atoms with Crippen molar-refractivity contribution in [1.82, 2.24) is 5.32 Å². The summed E-state index contributed by atoms with van der Waals surface area (Å²) in [6.45, 7) is 10.8. The maximum atomic E-state index is 12.7. The van der Waals surface area contributed by atoms with Crippen LogP contribution in [-0.4, -0.2) is 25.2 Å². The third-order valence-corrected chi connectivity index (χ3v) is 5.03. The molecule has 0 amide bonds. The molecule has 0 aromatic carbocycles. The fraction of sp³-hybridized carbons (Fsp3) is 0.941. The molecule has 1 aliphatic carbocycles. The quantitative estimate of drug-likeness (QED) is 0.801. The zero-order valence-corrected chi connectivity index (χ0v) is 13.6. The van der Waals surface area contributed by atoms with Gasteiger partial charge in [0, 0.05) is 6.54 Å². The van der Waals surface area contributed by atoms with Crippen molar-refractivity contribution in [3.63, 3.8) is 0 Å². The molecule has 3 atom stereocenters. The van der Waals surface area contributed by atoms with E-state index >= 15 is 0 Å². The van der Waals surface area contributed by atoms with E-state index in [0.29, 0.717) is 11.3 Å². The Hall–Kier alpha value is -0.570. The van der Waals surface area contributed by atoms with Gasteiger partial charge < -0.3 is 10.1 Å². The van der Waals surface area contributed by atoms with Gasteiger partial charge in [-0.3, -0.25) is 4.79 Å². The zero-order chi connectivity index (χ0) is 14.8. The summed E-state index contributed by atoms with van der Waals surface area (Å²) in [5.74, 6) is 0.708. The Labute approximate surface area is 123 Å². The Kier molecular flexibility index (Phi) is 4.78. The first-order valence-electron chi connectivity index (χ1n) is 8.29. The number of nitrogens with one attached hydrogen (secondary N) is 1. The summed E-state index contributed by atoms with van der Waals surface area (Å²) in [5, 5.41) is 3.34. The second-order valence-electron chi connectivity index (χ2n) is 7.90. The van der Waals surface area contributed by atoms with E-state index in [4.69, 9.17) is 4.74 Å². The maximum absolute atomic E-state index is 12.7. The summed E-state index contributed by atoms with van der Waals surface area (Å²) in [7, 11) is 0. The highest BCUT2D eigenvalue weighted by Crippen LogP contribution is 2.41. The molecule has 3 heteroatoms. The van der Waals surface area contributed by atoms with Gasteiger partial charge in [0.25, 0.3) is 0 Å². The van der Waals surface area contributed by atoms with E-state index < -0.39 is 0 Å². The van der Waals surface area contributed by atoms with E-state index in [1.165, 1.54) is 6.42 Å². The highest BCUT2D eigenvalue weighted by Gasteiger charge is 2.44. The minimum absolute atomic E-state index is 0.0549. The first-order chi connectivity index (χ1) is 9.37. The van der Waals surface area contributed by atoms with Crippen molar-refractivity contribution in [2.75, 3.05) is 13.1 Å². The standard InChI is InChI=1S/C17H31NO2/c1-5-6-17(7-8-18-12-17)15(19)20-14-9-13(2)10-16(3,4)11-14/h13-14,18H,5-12H2,1-4H3. The molecular weight excluding hydrogens is 250 g/mol. The molecule has 20 heavy (non-hydrogen) atoms. The van der Waals surface area contributed by atoms with Gasteiger partial charge in [-0.1, -0.05) is 34.1 Å². The van der Waals surface area contributed by atoms with Crippen molar-refractivity contribution in [3.8, 4) is 0 Å². The molecule has 1 saturated carbocycles. The normalized spacial score (nSPS) is 36.8. The van der Waals surface area contributed by atoms with Crippen LogP contribution in [0.4, 0.5) is 0 Å². The zero-order valence-electron chi connectivity index (χ0n) is 13.6. The number of carbonyl (C=O) groups is 1. The van der Waals surface area contributed by atoms with E-state index in [2.05, 4.69) is 33.0 Å². The SMILES string of the molecule is CCCC1(C(=O)OC2CC(C)CC(C)(C)C2)CCNC1. The van der Waals surface area contributed by atoms with Gasteiger partial charge in [0.15, 0.2) is 0 Å². The van der Waals surface area contributed by atoms with Crippen molar-refractivity contribution in [3.05, 3.63) is 0 Å². The van der Waals surface area contributed by atoms with Gasteiger partial charge in [0.2, 0.25) is 0 Å². The molecule has 0 radical (unpaired) electrons. The van der Waals surface area contributed by atoms with E-state index in [-0.39, 0.29) is 17.5 Å². The second kappa shape index (κ2) is 6.05. The molecule has 116 valence electrons. The molecule has 1 heterocycles. The predicted molar refractivity (Wildman–Crippen MR) is 81.5 cm³/mol. The molecule has 1 N–H and O–H groups in total. The predicted octanol–water partition coefficient (Wildman–Crippen LogP) is 3.52. The lowest BCUT2D eigenvalue weighted by Crippen LogP contribution is -2.40. The second-order valence-corrected chi connectivity index (χ2v) is 7.90. The molecule has 2 rings (SSSR count). The van der Waals surface area contributed by atoms with Gasteiger partial charge in [0.05, 0.1) is 5.41 Å². The van der Waals surface area contributed by atoms with Gasteiger partial charge in [0.1, 0.15) is 6.10 Å². The molecule has 0 spiro atoms. The van der Waals surface area contributed by atoms with E-state index in [0.717, 1.165) is 45.2 Å². The lowest BCUT2D eigenvalue weighted by atomic mass is 9.71. The summed E-state index contributed by atoms with van der Waals surface area (Å²) in [5.41, 5.74) is 0.0496. The molecule has 3 unspecified atom stereocenters. The molecule has 3 nitrogen and oxygen atoms in total. The fourth-order valence-corrected chi connectivity index (χ4v) is 4.34. The number of esters is 1. The van der Waals surface area contributed by atoms with Gasteiger partial charge >= 0.3 is 5.97 Å². The Morgan fingerprint density at radius 2 is 2.10 bits per heavy atom. The summed E-state index contributed by atoms with van der Waals surface area (Å²) < 4.78 is 5.96. The average molecular weight is 281 g/mol. The van der Waals surface area contributed by atoms with Gasteiger partial charge in [-0.15, -0.1) is 0 Å². The van der Waals surface area contributed by atoms with E-state index in [1.807, 2.05) is 0 Å². The number of carbonyl (C=O) groups excluding carboxylic acids is 1. The number of rotatable bonds is 4. The van der Waals surface area contributed by atoms with Gasteiger partial charge in [-0.2, -0.15) is 0 Å². The average Bonchev–Trinajstić information content (AvgIpc) is 2.76. The Morgan fingerprint density at radius 3 is 2.65 bits per heavy atom. The number of hydrogen-bond acceptors (Lipinski definition) is 3. The monoisotopic (exact) mass is 281 g/mol. The van der Waals surface area contributed by atoms with Crippen LogP contribution in [0.2, 0.25) is 0 Å². The van der Waals surface area contributed by atoms with Crippen molar-refractivity contribution < 1.29 is 9.53 Å². The van der Waals surface area contributed by atoms with Crippen LogP contribution < -0.4 is 5.32 Å². The summed E-state index contributed by atoms with van der Waals surface area (Å²) >= 11 is 0. The van der Waals surface area contributed by atoms with Crippen LogP contribution in [0.1, 0.15) is 66.2 Å². The minimum atomic E-state index is -0.250. The topological polar surface area (TPSA) is 38.3 Å². The van der Waals surface area contributed by atoms with E-state index in [1.54, 1.807) is 0 Å². The largest absolute Gasteiger partial charge is 0.462 e. The Morgan fingerprint density at radius 1 is 1.35 bits per heavy atom. The summed E-state index contributed by atoms with van der Waals surface area (Å²) in [6.07, 6.45) is 6.33. The van der Waals surface area contributed by atoms with Crippen LogP contribution in [0.15, 0.2) is 0 Å². The molecule has 1 saturated heterocycles. The van der Waals surface area contributed by atoms with Crippen molar-refractivity contribution in [2.24, 2.45) is 16.7 Å². The fourth-order valence-electron chi connectivity index (χ4n) is 4.34. The van der Waals surface area contributed by atoms with Crippen molar-refractivity contribution in [2.45, 2.75) is 72.3 Å². The smallest absolute Gasteiger partial charge is 0.313 e. The van der Waals surface area contributed by atoms with Gasteiger partial charge in [-0.05, 0) is 50.0 Å². The van der Waals surface area contributed by atoms with E-state index in [9.17, 15) is 4.79 Å². The van der Waals surface area contributed by atoms with Crippen LogP contribution >= 0.6 is 0 Å². The van der Waals surface area contributed by atoms with Crippen LogP contribution in [0.25, 0.3) is 0 Å².